The second-order valence-corrected chi connectivity index (χ2v) is 4.31. The Labute approximate surface area is 91.3 Å². The monoisotopic (exact) mass is 205 g/mol. The molecular weight excluding hydrogens is 186 g/mol. The fourth-order valence-electron chi connectivity index (χ4n) is 2.21. The van der Waals surface area contributed by atoms with Gasteiger partial charge in [-0.2, -0.15) is 0 Å². The normalized spacial score (nSPS) is 23.7. The molecule has 2 nitrogen and oxygen atoms in total. The first-order chi connectivity index (χ1) is 7.36. The van der Waals surface area contributed by atoms with Crippen LogP contribution in [0.15, 0.2) is 30.3 Å². The third-order valence-corrected chi connectivity index (χ3v) is 3.10. The van der Waals surface area contributed by atoms with E-state index in [0.717, 1.165) is 18.5 Å². The molecule has 0 aromatic heterocycles. The van der Waals surface area contributed by atoms with Gasteiger partial charge in [0.25, 0.3) is 0 Å². The maximum Gasteiger partial charge on any atom is 0.0804 e. The van der Waals surface area contributed by atoms with E-state index in [-0.39, 0.29) is 6.10 Å². The second kappa shape index (κ2) is 5.29. The molecule has 0 aliphatic carbocycles. The third kappa shape index (κ3) is 3.05. The molecule has 2 heteroatoms. The highest BCUT2D eigenvalue weighted by molar-refractivity contribution is 5.17. The van der Waals surface area contributed by atoms with Gasteiger partial charge in [0.1, 0.15) is 0 Å². The minimum absolute atomic E-state index is 0.318. The molecule has 2 N–H and O–H groups in total. The van der Waals surface area contributed by atoms with Crippen LogP contribution in [0.5, 0.6) is 0 Å². The predicted octanol–water partition coefficient (Wildman–Crippen LogP) is 2.25. The van der Waals surface area contributed by atoms with Crippen LogP contribution >= 0.6 is 0 Å². The molecule has 2 rings (SSSR count). The Morgan fingerprint density at radius 1 is 1.27 bits per heavy atom. The zero-order valence-corrected chi connectivity index (χ0v) is 9.02. The van der Waals surface area contributed by atoms with Crippen LogP contribution in [0.1, 0.15) is 37.4 Å². The summed E-state index contributed by atoms with van der Waals surface area (Å²) in [4.78, 5) is 0. The molecule has 2 atom stereocenters. The van der Waals surface area contributed by atoms with Crippen molar-refractivity contribution in [2.24, 2.45) is 0 Å². The van der Waals surface area contributed by atoms with Crippen molar-refractivity contribution in [2.45, 2.75) is 37.8 Å². The van der Waals surface area contributed by atoms with E-state index in [9.17, 15) is 5.11 Å². The minimum atomic E-state index is -0.318. The zero-order valence-electron chi connectivity index (χ0n) is 9.02. The number of hydrogen-bond acceptors (Lipinski definition) is 2. The van der Waals surface area contributed by atoms with Crippen LogP contribution < -0.4 is 5.32 Å². The number of hydrogen-bond donors (Lipinski definition) is 2. The van der Waals surface area contributed by atoms with E-state index in [4.69, 9.17) is 0 Å². The Balaban J connectivity index is 1.88. The first-order valence-corrected chi connectivity index (χ1v) is 5.82. The van der Waals surface area contributed by atoms with Gasteiger partial charge in [-0.25, -0.2) is 0 Å². The summed E-state index contributed by atoms with van der Waals surface area (Å²) < 4.78 is 0. The summed E-state index contributed by atoms with van der Waals surface area (Å²) in [6.07, 6.45) is 4.28. The largest absolute Gasteiger partial charge is 0.388 e. The van der Waals surface area contributed by atoms with Crippen molar-refractivity contribution in [3.05, 3.63) is 35.9 Å². The molecule has 1 fully saturated rings. The summed E-state index contributed by atoms with van der Waals surface area (Å²) in [6.45, 7) is 1.10. The van der Waals surface area contributed by atoms with Gasteiger partial charge in [-0.3, -0.25) is 0 Å². The third-order valence-electron chi connectivity index (χ3n) is 3.10. The van der Waals surface area contributed by atoms with Crippen molar-refractivity contribution in [3.8, 4) is 0 Å². The molecule has 82 valence electrons. The zero-order chi connectivity index (χ0) is 10.5. The highest BCUT2D eigenvalue weighted by atomic mass is 16.3. The number of rotatable bonds is 3. The first-order valence-electron chi connectivity index (χ1n) is 5.82. The van der Waals surface area contributed by atoms with E-state index >= 15 is 0 Å². The van der Waals surface area contributed by atoms with Gasteiger partial charge in [-0.05, 0) is 31.4 Å². The quantitative estimate of drug-likeness (QED) is 0.793. The molecule has 0 spiro atoms. The minimum Gasteiger partial charge on any atom is -0.388 e. The second-order valence-electron chi connectivity index (χ2n) is 4.31. The van der Waals surface area contributed by atoms with Crippen molar-refractivity contribution in [1.82, 2.24) is 5.32 Å². The molecule has 1 aromatic rings. The molecule has 0 saturated carbocycles. The van der Waals surface area contributed by atoms with Crippen LogP contribution in [0.3, 0.4) is 0 Å². The molecule has 1 aliphatic heterocycles. The highest BCUT2D eigenvalue weighted by Gasteiger charge is 2.17. The maximum atomic E-state index is 10.0. The lowest BCUT2D eigenvalue weighted by molar-refractivity contribution is 0.144. The fourth-order valence-corrected chi connectivity index (χ4v) is 2.21. The molecule has 1 saturated heterocycles. The Bertz CT molecular complexity index is 280. The van der Waals surface area contributed by atoms with Crippen LogP contribution in [0.4, 0.5) is 0 Å². The molecular formula is C13H19NO. The van der Waals surface area contributed by atoms with Crippen LogP contribution in [-0.4, -0.2) is 17.7 Å². The lowest BCUT2D eigenvalue weighted by atomic mass is 9.96. The van der Waals surface area contributed by atoms with Gasteiger partial charge in [-0.1, -0.05) is 36.8 Å². The lowest BCUT2D eigenvalue weighted by Crippen LogP contribution is -2.35. The Morgan fingerprint density at radius 3 is 2.73 bits per heavy atom. The summed E-state index contributed by atoms with van der Waals surface area (Å²) in [5.74, 6) is 0. The average Bonchev–Trinajstić information content (AvgIpc) is 2.31. The molecule has 1 aliphatic rings. The number of aliphatic hydroxyl groups is 1. The van der Waals surface area contributed by atoms with E-state index in [1.807, 2.05) is 30.3 Å². The van der Waals surface area contributed by atoms with Gasteiger partial charge in [0.05, 0.1) is 6.10 Å². The van der Waals surface area contributed by atoms with Crippen molar-refractivity contribution < 1.29 is 5.11 Å². The van der Waals surface area contributed by atoms with E-state index in [2.05, 4.69) is 5.32 Å². The molecule has 1 aromatic carbocycles. The Hall–Kier alpha value is -0.860. The average molecular weight is 205 g/mol. The molecule has 1 heterocycles. The summed E-state index contributed by atoms with van der Waals surface area (Å²) in [6, 6.07) is 10.4. The SMILES string of the molecule is O[C@@H](C[C@H]1CCCCN1)c1ccccc1. The number of aliphatic hydroxyl groups excluding tert-OH is 1. The molecule has 0 radical (unpaired) electrons. The van der Waals surface area contributed by atoms with Crippen molar-refractivity contribution >= 4 is 0 Å². The summed E-state index contributed by atoms with van der Waals surface area (Å²) in [5.41, 5.74) is 1.03. The van der Waals surface area contributed by atoms with E-state index in [1.54, 1.807) is 0 Å². The van der Waals surface area contributed by atoms with Crippen LogP contribution in [0, 0.1) is 0 Å². The van der Waals surface area contributed by atoms with Crippen LogP contribution in [0.25, 0.3) is 0 Å². The van der Waals surface area contributed by atoms with Crippen molar-refractivity contribution in [2.75, 3.05) is 6.54 Å². The Kier molecular flexibility index (Phi) is 3.75. The number of piperidine rings is 1. The highest BCUT2D eigenvalue weighted by Crippen LogP contribution is 2.21. The summed E-state index contributed by atoms with van der Waals surface area (Å²) >= 11 is 0. The summed E-state index contributed by atoms with van der Waals surface area (Å²) in [5, 5.41) is 13.5. The lowest BCUT2D eigenvalue weighted by Gasteiger charge is -2.25. The fraction of sp³-hybridized carbons (Fsp3) is 0.538. The van der Waals surface area contributed by atoms with Gasteiger partial charge in [-0.15, -0.1) is 0 Å². The molecule has 0 amide bonds. The smallest absolute Gasteiger partial charge is 0.0804 e. The number of benzene rings is 1. The van der Waals surface area contributed by atoms with Crippen LogP contribution in [-0.2, 0) is 0 Å². The van der Waals surface area contributed by atoms with Crippen molar-refractivity contribution in [1.29, 1.82) is 0 Å². The standard InChI is InChI=1S/C13H19NO/c15-13(11-6-2-1-3-7-11)10-12-8-4-5-9-14-12/h1-3,6-7,12-15H,4-5,8-10H2/t12-,13+/m1/s1. The van der Waals surface area contributed by atoms with Gasteiger partial charge >= 0.3 is 0 Å². The van der Waals surface area contributed by atoms with Crippen molar-refractivity contribution in [3.63, 3.8) is 0 Å². The molecule has 15 heavy (non-hydrogen) atoms. The van der Waals surface area contributed by atoms with E-state index < -0.39 is 0 Å². The number of nitrogens with one attached hydrogen (secondary N) is 1. The van der Waals surface area contributed by atoms with E-state index in [1.165, 1.54) is 19.3 Å². The molecule has 0 bridgehead atoms. The van der Waals surface area contributed by atoms with Gasteiger partial charge in [0.15, 0.2) is 0 Å². The maximum absolute atomic E-state index is 10.0. The topological polar surface area (TPSA) is 32.3 Å². The van der Waals surface area contributed by atoms with Crippen LogP contribution in [0.2, 0.25) is 0 Å². The van der Waals surface area contributed by atoms with Gasteiger partial charge < -0.3 is 10.4 Å². The first kappa shape index (κ1) is 10.7. The molecule has 0 unspecified atom stereocenters. The Morgan fingerprint density at radius 2 is 2.07 bits per heavy atom. The van der Waals surface area contributed by atoms with Gasteiger partial charge in [0, 0.05) is 6.04 Å². The predicted molar refractivity (Wildman–Crippen MR) is 61.7 cm³/mol. The van der Waals surface area contributed by atoms with Gasteiger partial charge in [0.2, 0.25) is 0 Å². The van der Waals surface area contributed by atoms with E-state index in [0.29, 0.717) is 6.04 Å². The summed E-state index contributed by atoms with van der Waals surface area (Å²) in [7, 11) is 0.